The Bertz CT molecular complexity index is 1050. The number of sulfonamides is 1. The molecule has 2 aromatic rings. The number of carbonyl (C=O) groups is 1. The average Bonchev–Trinajstić information content (AvgIpc) is 2.99. The molecule has 0 amide bonds. The topological polar surface area (TPSA) is 76.0 Å². The fourth-order valence-corrected chi connectivity index (χ4v) is 4.94. The summed E-state index contributed by atoms with van der Waals surface area (Å²) in [5.41, 5.74) is 2.68. The summed E-state index contributed by atoms with van der Waals surface area (Å²) in [6, 6.07) is 14.6. The first-order chi connectivity index (χ1) is 13.5. The third-order valence-corrected chi connectivity index (χ3v) is 6.62. The van der Waals surface area contributed by atoms with E-state index in [0.717, 1.165) is 24.0 Å². The Morgan fingerprint density at radius 1 is 1.18 bits per heavy atom. The summed E-state index contributed by atoms with van der Waals surface area (Å²) in [4.78, 5) is 14.7. The predicted molar refractivity (Wildman–Crippen MR) is 105 cm³/mol. The molecule has 7 heteroatoms. The molecular weight excluding hydrogens is 376 g/mol. The summed E-state index contributed by atoms with van der Waals surface area (Å²) in [5.74, 6) is -0.106. The van der Waals surface area contributed by atoms with E-state index in [9.17, 15) is 13.2 Å². The Balaban J connectivity index is 1.47. The van der Waals surface area contributed by atoms with E-state index in [0.29, 0.717) is 24.5 Å². The molecular formula is C21H22N2O4S. The van der Waals surface area contributed by atoms with Gasteiger partial charge in [0.15, 0.2) is 5.84 Å². The van der Waals surface area contributed by atoms with E-state index in [2.05, 4.69) is 4.40 Å². The van der Waals surface area contributed by atoms with E-state index in [1.165, 1.54) is 0 Å². The van der Waals surface area contributed by atoms with Gasteiger partial charge in [-0.05, 0) is 43.0 Å². The van der Waals surface area contributed by atoms with Crippen molar-refractivity contribution in [2.24, 2.45) is 10.3 Å². The molecule has 2 aliphatic heterocycles. The minimum atomic E-state index is -3.66. The summed E-state index contributed by atoms with van der Waals surface area (Å²) in [6.07, 6.45) is 1.51. The summed E-state index contributed by atoms with van der Waals surface area (Å²) in [6.45, 7) is 3.32. The zero-order valence-corrected chi connectivity index (χ0v) is 16.5. The van der Waals surface area contributed by atoms with Gasteiger partial charge in [0.25, 0.3) is 10.0 Å². The van der Waals surface area contributed by atoms with Crippen LogP contribution in [0.2, 0.25) is 0 Å². The fraction of sp³-hybridized carbons (Fsp3) is 0.333. The van der Waals surface area contributed by atoms with Crippen molar-refractivity contribution in [3.05, 3.63) is 65.2 Å². The zero-order valence-electron chi connectivity index (χ0n) is 15.7. The number of hydrogen-bond donors (Lipinski definition) is 0. The summed E-state index contributed by atoms with van der Waals surface area (Å²) < 4.78 is 34.1. The number of rotatable bonds is 3. The molecule has 0 spiro atoms. The molecule has 0 bridgehead atoms. The van der Waals surface area contributed by atoms with Crippen molar-refractivity contribution in [2.45, 2.75) is 31.3 Å². The molecule has 146 valence electrons. The lowest BCUT2D eigenvalue weighted by molar-refractivity contribution is -0.151. The largest absolute Gasteiger partial charge is 0.461 e. The molecule has 0 aliphatic carbocycles. The zero-order chi connectivity index (χ0) is 19.7. The lowest BCUT2D eigenvalue weighted by Crippen LogP contribution is -2.42. The third-order valence-electron chi connectivity index (χ3n) is 5.30. The van der Waals surface area contributed by atoms with Crippen molar-refractivity contribution < 1.29 is 17.9 Å². The second-order valence-corrected chi connectivity index (χ2v) is 8.78. The number of fused-ring (bicyclic) bond motifs is 1. The number of amidine groups is 1. The van der Waals surface area contributed by atoms with E-state index >= 15 is 0 Å². The van der Waals surface area contributed by atoms with Gasteiger partial charge in [-0.25, -0.2) is 0 Å². The third kappa shape index (κ3) is 3.54. The van der Waals surface area contributed by atoms with Crippen LogP contribution in [0.4, 0.5) is 0 Å². The van der Waals surface area contributed by atoms with Crippen molar-refractivity contribution in [3.8, 4) is 0 Å². The number of piperidine rings is 1. The van der Waals surface area contributed by atoms with Gasteiger partial charge in [0.05, 0.1) is 5.92 Å². The lowest BCUT2D eigenvalue weighted by Gasteiger charge is -2.33. The molecule has 0 N–H and O–H groups in total. The number of likely N-dealkylation sites (tertiary alicyclic amines) is 1. The van der Waals surface area contributed by atoms with Gasteiger partial charge in [0.1, 0.15) is 11.5 Å². The van der Waals surface area contributed by atoms with Crippen LogP contribution in [-0.4, -0.2) is 38.2 Å². The van der Waals surface area contributed by atoms with Crippen molar-refractivity contribution in [2.75, 3.05) is 13.1 Å². The van der Waals surface area contributed by atoms with Gasteiger partial charge in [-0.15, -0.1) is 4.40 Å². The van der Waals surface area contributed by atoms with Gasteiger partial charge in [0, 0.05) is 18.7 Å². The first kappa shape index (κ1) is 18.7. The molecule has 6 nitrogen and oxygen atoms in total. The highest BCUT2D eigenvalue weighted by Crippen LogP contribution is 2.30. The second-order valence-electron chi connectivity index (χ2n) is 7.21. The summed E-state index contributed by atoms with van der Waals surface area (Å²) >= 11 is 0. The number of esters is 1. The molecule has 2 aromatic carbocycles. The maximum Gasteiger partial charge on any atom is 0.311 e. The standard InChI is InChI=1S/C21H22N2O4S/c1-15-7-2-3-8-17(15)14-27-21(24)16-9-6-12-23(13-16)20-18-10-4-5-11-19(18)28(25,26)22-20/h2-5,7-8,10-11,16H,6,9,12-14H2,1H3. The van der Waals surface area contributed by atoms with Gasteiger partial charge in [-0.3, -0.25) is 4.79 Å². The molecule has 4 rings (SSSR count). The Kier molecular flexibility index (Phi) is 4.93. The van der Waals surface area contributed by atoms with Crippen LogP contribution in [-0.2, 0) is 26.2 Å². The maximum absolute atomic E-state index is 12.6. The SMILES string of the molecule is Cc1ccccc1COC(=O)C1CCCN(C2=NS(=O)(=O)c3ccccc32)C1. The summed E-state index contributed by atoms with van der Waals surface area (Å²) in [7, 11) is -3.66. The van der Waals surface area contributed by atoms with Crippen molar-refractivity contribution in [1.29, 1.82) is 0 Å². The highest BCUT2D eigenvalue weighted by Gasteiger charge is 2.35. The Labute approximate surface area is 164 Å². The number of aryl methyl sites for hydroxylation is 1. The van der Waals surface area contributed by atoms with E-state index in [-0.39, 0.29) is 23.4 Å². The molecule has 28 heavy (non-hydrogen) atoms. The molecule has 0 aromatic heterocycles. The Morgan fingerprint density at radius 3 is 2.75 bits per heavy atom. The van der Waals surface area contributed by atoms with E-state index in [1.54, 1.807) is 24.3 Å². The lowest BCUT2D eigenvalue weighted by atomic mass is 9.97. The number of hydrogen-bond acceptors (Lipinski definition) is 5. The quantitative estimate of drug-likeness (QED) is 0.743. The van der Waals surface area contributed by atoms with Crippen molar-refractivity contribution >= 4 is 21.8 Å². The smallest absolute Gasteiger partial charge is 0.311 e. The molecule has 1 atom stereocenters. The van der Waals surface area contributed by atoms with Crippen molar-refractivity contribution in [1.82, 2.24) is 4.90 Å². The van der Waals surface area contributed by atoms with Crippen LogP contribution in [0, 0.1) is 12.8 Å². The van der Waals surface area contributed by atoms with Gasteiger partial charge in [0.2, 0.25) is 0 Å². The highest BCUT2D eigenvalue weighted by molar-refractivity contribution is 7.90. The average molecular weight is 398 g/mol. The maximum atomic E-state index is 12.6. The molecule has 0 saturated carbocycles. The van der Waals surface area contributed by atoms with Crippen LogP contribution in [0.15, 0.2) is 57.8 Å². The van der Waals surface area contributed by atoms with Crippen molar-refractivity contribution in [3.63, 3.8) is 0 Å². The minimum Gasteiger partial charge on any atom is -0.461 e. The minimum absolute atomic E-state index is 0.231. The van der Waals surface area contributed by atoms with Crippen LogP contribution in [0.1, 0.15) is 29.5 Å². The molecule has 1 fully saturated rings. The van der Waals surface area contributed by atoms with Crippen LogP contribution >= 0.6 is 0 Å². The molecule has 1 saturated heterocycles. The highest BCUT2D eigenvalue weighted by atomic mass is 32.2. The predicted octanol–water partition coefficient (Wildman–Crippen LogP) is 2.90. The second kappa shape index (κ2) is 7.39. The molecule has 2 aliphatic rings. The van der Waals surface area contributed by atoms with E-state index < -0.39 is 10.0 Å². The Hall–Kier alpha value is -2.67. The number of benzene rings is 2. The van der Waals surface area contributed by atoms with E-state index in [4.69, 9.17) is 4.74 Å². The van der Waals surface area contributed by atoms with Crippen LogP contribution < -0.4 is 0 Å². The summed E-state index contributed by atoms with van der Waals surface area (Å²) in [5, 5.41) is 0. The number of ether oxygens (including phenoxy) is 1. The van der Waals surface area contributed by atoms with E-state index in [1.807, 2.05) is 36.1 Å². The van der Waals surface area contributed by atoms with Crippen LogP contribution in [0.25, 0.3) is 0 Å². The Morgan fingerprint density at radius 2 is 1.93 bits per heavy atom. The monoisotopic (exact) mass is 398 g/mol. The molecule has 1 unspecified atom stereocenters. The van der Waals surface area contributed by atoms with Crippen LogP contribution in [0.3, 0.4) is 0 Å². The molecule has 2 heterocycles. The van der Waals surface area contributed by atoms with Gasteiger partial charge in [-0.1, -0.05) is 36.4 Å². The van der Waals surface area contributed by atoms with Gasteiger partial charge < -0.3 is 9.64 Å². The van der Waals surface area contributed by atoms with Crippen LogP contribution in [0.5, 0.6) is 0 Å². The first-order valence-corrected chi connectivity index (χ1v) is 10.8. The van der Waals surface area contributed by atoms with Gasteiger partial charge >= 0.3 is 5.97 Å². The van der Waals surface area contributed by atoms with Gasteiger partial charge in [-0.2, -0.15) is 8.42 Å². The molecule has 0 radical (unpaired) electrons. The normalized spacial score (nSPS) is 20.4. The number of nitrogens with zero attached hydrogens (tertiary/aromatic N) is 2. The fourth-order valence-electron chi connectivity index (χ4n) is 3.72. The number of carbonyl (C=O) groups excluding carboxylic acids is 1. The first-order valence-electron chi connectivity index (χ1n) is 9.36.